The maximum atomic E-state index is 4.52. The Balaban J connectivity index is 1.66. The van der Waals surface area contributed by atoms with E-state index >= 15 is 0 Å². The molecular weight excluding hydrogens is 222 g/mol. The van der Waals surface area contributed by atoms with E-state index in [9.17, 15) is 0 Å². The molecule has 1 aromatic heterocycles. The fraction of sp³-hybridized carbons (Fsp3) is 0.800. The van der Waals surface area contributed by atoms with Crippen LogP contribution in [0.1, 0.15) is 64.3 Å². The van der Waals surface area contributed by atoms with Crippen molar-refractivity contribution in [1.29, 1.82) is 0 Å². The number of aromatic nitrogens is 2. The topological polar surface area (TPSA) is 29.9 Å². The zero-order chi connectivity index (χ0) is 12.4. The number of nitrogens with zero attached hydrogens (tertiary/aromatic N) is 2. The molecular formula is C15H25N3. The van der Waals surface area contributed by atoms with Crippen LogP contribution in [0.3, 0.4) is 0 Å². The van der Waals surface area contributed by atoms with Gasteiger partial charge >= 0.3 is 0 Å². The molecule has 1 N–H and O–H groups in total. The predicted molar refractivity (Wildman–Crippen MR) is 74.8 cm³/mol. The van der Waals surface area contributed by atoms with Crippen molar-refractivity contribution in [3.63, 3.8) is 0 Å². The van der Waals surface area contributed by atoms with Crippen molar-refractivity contribution in [1.82, 2.24) is 9.55 Å². The van der Waals surface area contributed by atoms with E-state index in [1.54, 1.807) is 0 Å². The molecule has 2 saturated carbocycles. The first-order valence-corrected chi connectivity index (χ1v) is 7.64. The SMILES string of the molecule is CC(C1CCC1)n1ccnc1NC1CCCCC1. The van der Waals surface area contributed by atoms with Crippen LogP contribution in [0.15, 0.2) is 12.4 Å². The van der Waals surface area contributed by atoms with Crippen LogP contribution >= 0.6 is 0 Å². The summed E-state index contributed by atoms with van der Waals surface area (Å²) in [6.07, 6.45) is 15.1. The number of nitrogens with one attached hydrogen (secondary N) is 1. The van der Waals surface area contributed by atoms with Gasteiger partial charge in [-0.05, 0) is 38.5 Å². The van der Waals surface area contributed by atoms with Gasteiger partial charge in [0.05, 0.1) is 0 Å². The van der Waals surface area contributed by atoms with Gasteiger partial charge in [0.1, 0.15) is 0 Å². The fourth-order valence-corrected chi connectivity index (χ4v) is 3.33. The molecule has 0 spiro atoms. The van der Waals surface area contributed by atoms with E-state index in [-0.39, 0.29) is 0 Å². The summed E-state index contributed by atoms with van der Waals surface area (Å²) in [4.78, 5) is 4.52. The Morgan fingerprint density at radius 3 is 2.61 bits per heavy atom. The van der Waals surface area contributed by atoms with Gasteiger partial charge in [0, 0.05) is 24.5 Å². The molecule has 3 heteroatoms. The summed E-state index contributed by atoms with van der Waals surface area (Å²) in [5, 5.41) is 3.67. The van der Waals surface area contributed by atoms with Gasteiger partial charge in [-0.15, -0.1) is 0 Å². The Kier molecular flexibility index (Phi) is 3.57. The highest BCUT2D eigenvalue weighted by Crippen LogP contribution is 2.37. The molecule has 3 rings (SSSR count). The lowest BCUT2D eigenvalue weighted by Gasteiger charge is -2.33. The Morgan fingerprint density at radius 1 is 1.17 bits per heavy atom. The third-order valence-electron chi connectivity index (χ3n) is 4.88. The molecule has 1 unspecified atom stereocenters. The summed E-state index contributed by atoms with van der Waals surface area (Å²) in [5.74, 6) is 1.97. The molecule has 2 aliphatic carbocycles. The molecule has 1 atom stereocenters. The molecule has 0 amide bonds. The van der Waals surface area contributed by atoms with Gasteiger partial charge < -0.3 is 9.88 Å². The van der Waals surface area contributed by atoms with Crippen LogP contribution in [0.25, 0.3) is 0 Å². The Morgan fingerprint density at radius 2 is 1.94 bits per heavy atom. The summed E-state index contributed by atoms with van der Waals surface area (Å²) in [5.41, 5.74) is 0. The molecule has 0 bridgehead atoms. The third-order valence-corrected chi connectivity index (χ3v) is 4.88. The Hall–Kier alpha value is -0.990. The summed E-state index contributed by atoms with van der Waals surface area (Å²) in [7, 11) is 0. The lowest BCUT2D eigenvalue weighted by atomic mass is 9.80. The summed E-state index contributed by atoms with van der Waals surface area (Å²) in [6.45, 7) is 2.34. The van der Waals surface area contributed by atoms with E-state index in [2.05, 4.69) is 28.0 Å². The molecule has 18 heavy (non-hydrogen) atoms. The van der Waals surface area contributed by atoms with Gasteiger partial charge in [0.15, 0.2) is 0 Å². The monoisotopic (exact) mass is 247 g/mol. The molecule has 0 radical (unpaired) electrons. The average molecular weight is 247 g/mol. The van der Waals surface area contributed by atoms with E-state index in [1.165, 1.54) is 51.4 Å². The molecule has 0 saturated heterocycles. The minimum Gasteiger partial charge on any atom is -0.353 e. The van der Waals surface area contributed by atoms with Crippen molar-refractivity contribution < 1.29 is 0 Å². The van der Waals surface area contributed by atoms with Crippen molar-refractivity contribution in [2.45, 2.75) is 70.4 Å². The number of rotatable bonds is 4. The van der Waals surface area contributed by atoms with Gasteiger partial charge in [-0.2, -0.15) is 0 Å². The molecule has 2 fully saturated rings. The average Bonchev–Trinajstić information content (AvgIpc) is 2.76. The quantitative estimate of drug-likeness (QED) is 0.872. The Bertz CT molecular complexity index is 375. The lowest BCUT2D eigenvalue weighted by Crippen LogP contribution is -2.27. The first-order valence-electron chi connectivity index (χ1n) is 7.64. The largest absolute Gasteiger partial charge is 0.353 e. The predicted octanol–water partition coefficient (Wildman–Crippen LogP) is 3.99. The van der Waals surface area contributed by atoms with Gasteiger partial charge in [-0.3, -0.25) is 0 Å². The summed E-state index contributed by atoms with van der Waals surface area (Å²) in [6, 6.07) is 1.25. The first kappa shape index (κ1) is 12.1. The van der Waals surface area contributed by atoms with Crippen LogP contribution < -0.4 is 5.32 Å². The molecule has 0 aliphatic heterocycles. The van der Waals surface area contributed by atoms with E-state index in [0.717, 1.165) is 11.9 Å². The second-order valence-electron chi connectivity index (χ2n) is 6.07. The fourth-order valence-electron chi connectivity index (χ4n) is 3.33. The Labute approximate surface area is 110 Å². The number of anilines is 1. The first-order chi connectivity index (χ1) is 8.84. The van der Waals surface area contributed by atoms with E-state index in [0.29, 0.717) is 12.1 Å². The second-order valence-corrected chi connectivity index (χ2v) is 6.07. The maximum Gasteiger partial charge on any atom is 0.203 e. The normalized spacial score (nSPS) is 23.6. The van der Waals surface area contributed by atoms with Crippen molar-refractivity contribution >= 4 is 5.95 Å². The number of hydrogen-bond acceptors (Lipinski definition) is 2. The smallest absolute Gasteiger partial charge is 0.203 e. The maximum absolute atomic E-state index is 4.52. The molecule has 2 aliphatic rings. The molecule has 3 nitrogen and oxygen atoms in total. The highest BCUT2D eigenvalue weighted by molar-refractivity contribution is 5.28. The summed E-state index contributed by atoms with van der Waals surface area (Å²) >= 11 is 0. The van der Waals surface area contributed by atoms with Crippen LogP contribution in [-0.4, -0.2) is 15.6 Å². The van der Waals surface area contributed by atoms with Crippen molar-refractivity contribution in [3.8, 4) is 0 Å². The molecule has 0 aromatic carbocycles. The molecule has 1 aromatic rings. The standard InChI is InChI=1S/C15H25N3/c1-12(13-6-5-7-13)18-11-10-16-15(18)17-14-8-3-2-4-9-14/h10-14H,2-9H2,1H3,(H,16,17). The lowest BCUT2D eigenvalue weighted by molar-refractivity contribution is 0.223. The van der Waals surface area contributed by atoms with Crippen molar-refractivity contribution in [2.24, 2.45) is 5.92 Å². The number of hydrogen-bond donors (Lipinski definition) is 1. The minimum absolute atomic E-state index is 0.604. The summed E-state index contributed by atoms with van der Waals surface area (Å²) < 4.78 is 2.36. The van der Waals surface area contributed by atoms with Crippen molar-refractivity contribution in [3.05, 3.63) is 12.4 Å². The molecule has 1 heterocycles. The van der Waals surface area contributed by atoms with E-state index < -0.39 is 0 Å². The van der Waals surface area contributed by atoms with Crippen LogP contribution in [0.5, 0.6) is 0 Å². The third kappa shape index (κ3) is 2.40. The highest BCUT2D eigenvalue weighted by Gasteiger charge is 2.26. The van der Waals surface area contributed by atoms with E-state index in [4.69, 9.17) is 0 Å². The van der Waals surface area contributed by atoms with Gasteiger partial charge in [0.25, 0.3) is 0 Å². The van der Waals surface area contributed by atoms with Crippen LogP contribution in [0.4, 0.5) is 5.95 Å². The highest BCUT2D eigenvalue weighted by atomic mass is 15.2. The second kappa shape index (κ2) is 5.33. The molecule has 100 valence electrons. The number of imidazole rings is 1. The van der Waals surface area contributed by atoms with E-state index in [1.807, 2.05) is 6.20 Å². The van der Waals surface area contributed by atoms with Crippen LogP contribution in [-0.2, 0) is 0 Å². The zero-order valence-electron chi connectivity index (χ0n) is 11.4. The zero-order valence-corrected chi connectivity index (χ0v) is 11.4. The van der Waals surface area contributed by atoms with Gasteiger partial charge in [0.2, 0.25) is 5.95 Å². The van der Waals surface area contributed by atoms with Gasteiger partial charge in [-0.25, -0.2) is 4.98 Å². The van der Waals surface area contributed by atoms with Crippen LogP contribution in [0.2, 0.25) is 0 Å². The van der Waals surface area contributed by atoms with Gasteiger partial charge in [-0.1, -0.05) is 25.7 Å². The van der Waals surface area contributed by atoms with Crippen molar-refractivity contribution in [2.75, 3.05) is 5.32 Å². The van der Waals surface area contributed by atoms with Crippen LogP contribution in [0, 0.1) is 5.92 Å². The minimum atomic E-state index is 0.604.